The summed E-state index contributed by atoms with van der Waals surface area (Å²) in [5.41, 5.74) is 7.96. The molecule has 2 aliphatic rings. The largest absolute Gasteiger partial charge is 0.489 e. The van der Waals surface area contributed by atoms with Crippen molar-refractivity contribution in [1.29, 1.82) is 0 Å². The Morgan fingerprint density at radius 1 is 0.852 bits per heavy atom. The van der Waals surface area contributed by atoms with Crippen LogP contribution in [0.5, 0.6) is 5.75 Å². The summed E-state index contributed by atoms with van der Waals surface area (Å²) < 4.78 is 6.04. The number of unbranched alkanes of at least 4 members (excludes halogenated alkanes) is 1. The number of halogens is 3. The topological polar surface area (TPSA) is 42.4 Å². The summed E-state index contributed by atoms with van der Waals surface area (Å²) in [4.78, 5) is 4.55. The van der Waals surface area contributed by atoms with Crippen LogP contribution in [0.4, 0.5) is 0 Å². The first kappa shape index (κ1) is 56.6. The van der Waals surface area contributed by atoms with Crippen LogP contribution in [0.25, 0.3) is 10.9 Å². The van der Waals surface area contributed by atoms with Crippen molar-refractivity contribution in [2.24, 2.45) is 23.2 Å². The summed E-state index contributed by atoms with van der Waals surface area (Å²) in [6.45, 7) is 37.4. The van der Waals surface area contributed by atoms with Gasteiger partial charge in [-0.3, -0.25) is 4.98 Å². The third-order valence-electron chi connectivity index (χ3n) is 12.1. The van der Waals surface area contributed by atoms with Crippen molar-refractivity contribution < 1.29 is 9.84 Å². The van der Waals surface area contributed by atoms with Gasteiger partial charge in [0.1, 0.15) is 12.4 Å². The van der Waals surface area contributed by atoms with Gasteiger partial charge in [0.05, 0.1) is 11.6 Å². The summed E-state index contributed by atoms with van der Waals surface area (Å²) in [6, 6.07) is 20.7. The lowest BCUT2D eigenvalue weighted by Crippen LogP contribution is -2.23. The van der Waals surface area contributed by atoms with Gasteiger partial charge in [-0.2, -0.15) is 0 Å². The summed E-state index contributed by atoms with van der Waals surface area (Å²) in [5.74, 6) is 4.58. The predicted molar refractivity (Wildman–Crippen MR) is 276 cm³/mol. The molecule has 342 valence electrons. The highest BCUT2D eigenvalue weighted by molar-refractivity contribution is 9.08. The lowest BCUT2D eigenvalue weighted by atomic mass is 9.73. The van der Waals surface area contributed by atoms with Crippen LogP contribution in [0, 0.1) is 23.2 Å². The van der Waals surface area contributed by atoms with E-state index >= 15 is 0 Å². The number of nitrogens with zero attached hydrogens (tertiary/aromatic N) is 1. The lowest BCUT2D eigenvalue weighted by Gasteiger charge is -2.32. The number of aliphatic hydroxyl groups is 1. The molecule has 6 rings (SSSR count). The van der Waals surface area contributed by atoms with Crippen LogP contribution in [0.1, 0.15) is 176 Å². The Morgan fingerprint density at radius 3 is 1.82 bits per heavy atom. The van der Waals surface area contributed by atoms with E-state index in [1.165, 1.54) is 54.4 Å². The molecule has 3 aromatic carbocycles. The van der Waals surface area contributed by atoms with Crippen molar-refractivity contribution in [2.75, 3.05) is 5.83 Å². The van der Waals surface area contributed by atoms with E-state index in [0.29, 0.717) is 34.4 Å². The van der Waals surface area contributed by atoms with Crippen molar-refractivity contribution in [3.05, 3.63) is 117 Å². The molecule has 0 bridgehead atoms. The molecule has 5 atom stereocenters. The van der Waals surface area contributed by atoms with E-state index in [1.54, 1.807) is 0 Å². The van der Waals surface area contributed by atoms with Gasteiger partial charge in [0.15, 0.2) is 0 Å². The van der Waals surface area contributed by atoms with E-state index in [4.69, 9.17) is 27.9 Å². The predicted octanol–water partition coefficient (Wildman–Crippen LogP) is 17.9. The zero-order valence-electron chi connectivity index (χ0n) is 41.1. The number of alkyl halides is 1. The number of fused-ring (bicyclic) bond motifs is 2. The van der Waals surface area contributed by atoms with Gasteiger partial charge in [0.25, 0.3) is 0 Å². The van der Waals surface area contributed by atoms with E-state index in [-0.39, 0.29) is 22.3 Å². The summed E-state index contributed by atoms with van der Waals surface area (Å²) >= 11 is 15.5. The SMILES string of the molecule is C=CC(CC)CCC.CBr.CC.CC1(C)C(c2ccnc3ccc(OCc4c(Cl)cccc4Cl)cc23)C[C@H]2C1[C@H]2O.CCCC.CCc1cc(C(C)(C)C)cc(C(C)(C)C)c1. The molecule has 3 unspecified atom stereocenters. The minimum atomic E-state index is -0.131. The molecular formula is C55H84BrCl2NO2. The molecular weight excluding hydrogens is 857 g/mol. The van der Waals surface area contributed by atoms with Gasteiger partial charge in [-0.25, -0.2) is 0 Å². The summed E-state index contributed by atoms with van der Waals surface area (Å²) in [5, 5.41) is 12.5. The lowest BCUT2D eigenvalue weighted by molar-refractivity contribution is 0.163. The van der Waals surface area contributed by atoms with E-state index in [9.17, 15) is 5.11 Å². The molecule has 1 aromatic heterocycles. The monoisotopic (exact) mass is 940 g/mol. The normalized spacial score (nSPS) is 18.7. The number of rotatable bonds is 10. The fraction of sp³-hybridized carbons (Fsp3) is 0.582. The van der Waals surface area contributed by atoms with Crippen LogP contribution < -0.4 is 4.74 Å². The molecule has 1 N–H and O–H groups in total. The Morgan fingerprint density at radius 2 is 1.41 bits per heavy atom. The molecule has 2 fully saturated rings. The average Bonchev–Trinajstić information content (AvgIpc) is 3.81. The quantitative estimate of drug-likeness (QED) is 0.127. The van der Waals surface area contributed by atoms with Crippen molar-refractivity contribution in [3.63, 3.8) is 0 Å². The molecule has 6 heteroatoms. The Labute approximate surface area is 393 Å². The van der Waals surface area contributed by atoms with Gasteiger partial charge < -0.3 is 9.84 Å². The molecule has 0 aliphatic heterocycles. The van der Waals surface area contributed by atoms with Crippen molar-refractivity contribution in [3.8, 4) is 5.75 Å². The van der Waals surface area contributed by atoms with Gasteiger partial charge in [-0.05, 0) is 130 Å². The molecule has 3 nitrogen and oxygen atoms in total. The minimum absolute atomic E-state index is 0.0698. The number of aliphatic hydroxyl groups excluding tert-OH is 1. The number of hydrogen-bond donors (Lipinski definition) is 1. The molecule has 1 heterocycles. The van der Waals surface area contributed by atoms with Gasteiger partial charge >= 0.3 is 0 Å². The Hall–Kier alpha value is -2.37. The van der Waals surface area contributed by atoms with Gasteiger partial charge in [0, 0.05) is 27.2 Å². The highest BCUT2D eigenvalue weighted by Gasteiger charge is 2.65. The Balaban J connectivity index is 0.000000490. The smallest absolute Gasteiger partial charge is 0.120 e. The zero-order valence-corrected chi connectivity index (χ0v) is 44.2. The Kier molecular flexibility index (Phi) is 25.1. The number of aryl methyl sites for hydroxylation is 1. The average molecular weight is 942 g/mol. The van der Waals surface area contributed by atoms with Crippen molar-refractivity contribution in [2.45, 2.75) is 178 Å². The number of allylic oxidation sites excluding steroid dienone is 1. The molecule has 0 saturated heterocycles. The first-order valence-electron chi connectivity index (χ1n) is 23.1. The van der Waals surface area contributed by atoms with Gasteiger partial charge in [-0.1, -0.05) is 193 Å². The Bertz CT molecular complexity index is 1820. The maximum absolute atomic E-state index is 10.2. The van der Waals surface area contributed by atoms with E-state index in [0.717, 1.165) is 41.0 Å². The van der Waals surface area contributed by atoms with Gasteiger partial charge in [0.2, 0.25) is 0 Å². The molecule has 61 heavy (non-hydrogen) atoms. The number of hydrogen-bond acceptors (Lipinski definition) is 3. The summed E-state index contributed by atoms with van der Waals surface area (Å²) in [6.07, 6.45) is 12.4. The van der Waals surface area contributed by atoms with Crippen molar-refractivity contribution >= 4 is 50.0 Å². The first-order valence-corrected chi connectivity index (χ1v) is 25.4. The zero-order chi connectivity index (χ0) is 46.7. The third-order valence-corrected chi connectivity index (χ3v) is 12.8. The second kappa shape index (κ2) is 27.1. The molecule has 0 spiro atoms. The molecule has 0 radical (unpaired) electrons. The standard InChI is InChI=1S/C24H23Cl2NO2.C16H26.C8H16.C4H10.C2H6.CH3Br/c1-24(2)18(11-16-22(24)23(16)28)14-8-9-27-21-7-6-13(10-15(14)21)29-12-17-19(25)4-3-5-20(17)26;1-8-12-9-13(15(2,3)4)11-14(10-12)16(5,6)7;1-4-7-8(5-2)6-3;1-3-4-2;2*1-2/h3-10,16,18,22-23,28H,11-12H2,1-2H3;9-11H,8H2,1-7H3;5,8H,2,4,6-7H2,1,3H3;3-4H2,1-2H3;1-2H3;1H3/t16-,18?,22?,23-;;;;;/m0...../s1. The van der Waals surface area contributed by atoms with E-state index in [2.05, 4.69) is 154 Å². The number of pyridine rings is 1. The van der Waals surface area contributed by atoms with Crippen molar-refractivity contribution in [1.82, 2.24) is 4.98 Å². The molecule has 4 aromatic rings. The van der Waals surface area contributed by atoms with Crippen LogP contribution in [-0.2, 0) is 23.9 Å². The first-order chi connectivity index (χ1) is 28.8. The van der Waals surface area contributed by atoms with Crippen LogP contribution in [0.15, 0.2) is 79.5 Å². The molecule has 2 aliphatic carbocycles. The maximum Gasteiger partial charge on any atom is 0.120 e. The maximum atomic E-state index is 10.2. The fourth-order valence-electron chi connectivity index (χ4n) is 7.96. The fourth-order valence-corrected chi connectivity index (χ4v) is 8.46. The number of ether oxygens (including phenoxy) is 1. The highest BCUT2D eigenvalue weighted by Crippen LogP contribution is 2.67. The van der Waals surface area contributed by atoms with Crippen LogP contribution in [-0.4, -0.2) is 22.0 Å². The van der Waals surface area contributed by atoms with E-state index < -0.39 is 0 Å². The molecule has 2 saturated carbocycles. The van der Waals surface area contributed by atoms with Crippen LogP contribution >= 0.6 is 39.1 Å². The summed E-state index contributed by atoms with van der Waals surface area (Å²) in [7, 11) is 0. The number of benzene rings is 3. The second-order valence-corrected chi connectivity index (χ2v) is 19.6. The van der Waals surface area contributed by atoms with Gasteiger partial charge in [-0.15, -0.1) is 6.58 Å². The second-order valence-electron chi connectivity index (χ2n) is 18.8. The number of aromatic nitrogens is 1. The highest BCUT2D eigenvalue weighted by atomic mass is 79.9. The van der Waals surface area contributed by atoms with Crippen LogP contribution in [0.3, 0.4) is 0 Å². The van der Waals surface area contributed by atoms with Crippen LogP contribution in [0.2, 0.25) is 10.0 Å². The van der Waals surface area contributed by atoms with E-state index in [1.807, 2.05) is 56.2 Å². The minimum Gasteiger partial charge on any atom is -0.489 e. The molecule has 0 amide bonds. The third kappa shape index (κ3) is 16.6.